The Morgan fingerprint density at radius 2 is 1.88 bits per heavy atom. The maximum atomic E-state index is 11.0. The molecule has 3 N–H and O–H groups in total. The molecule has 2 rings (SSSR count). The monoisotopic (exact) mass is 255 g/mol. The first-order valence-electron chi connectivity index (χ1n) is 4.36. The summed E-state index contributed by atoms with van der Waals surface area (Å²) in [5.41, 5.74) is 0.789. The molecule has 0 aliphatic rings. The van der Waals surface area contributed by atoms with Gasteiger partial charge in [-0.15, -0.1) is 0 Å². The van der Waals surface area contributed by atoms with E-state index in [-0.39, 0.29) is 4.90 Å². The molecule has 0 saturated heterocycles. The number of aromatic nitrogens is 1. The molecule has 0 aliphatic heterocycles. The highest BCUT2D eigenvalue weighted by Gasteiger charge is 2.06. The van der Waals surface area contributed by atoms with E-state index in [0.717, 1.165) is 10.7 Å². The second kappa shape index (κ2) is 4.20. The van der Waals surface area contributed by atoms with Gasteiger partial charge in [-0.2, -0.15) is 4.37 Å². The Bertz CT molecular complexity index is 561. The van der Waals surface area contributed by atoms with E-state index in [1.54, 1.807) is 18.3 Å². The van der Waals surface area contributed by atoms with Gasteiger partial charge >= 0.3 is 0 Å². The van der Waals surface area contributed by atoms with Crippen LogP contribution >= 0.6 is 11.5 Å². The summed E-state index contributed by atoms with van der Waals surface area (Å²) in [6.45, 7) is 0. The van der Waals surface area contributed by atoms with Crippen molar-refractivity contribution < 1.29 is 8.42 Å². The first kappa shape index (κ1) is 11.1. The number of rotatable bonds is 3. The van der Waals surface area contributed by atoms with Crippen LogP contribution in [0.4, 0.5) is 10.7 Å². The van der Waals surface area contributed by atoms with E-state index in [2.05, 4.69) is 9.69 Å². The summed E-state index contributed by atoms with van der Waals surface area (Å²) in [4.78, 5) is 0.0994. The Morgan fingerprint density at radius 3 is 2.38 bits per heavy atom. The first-order valence-corrected chi connectivity index (χ1v) is 6.68. The Hall–Kier alpha value is -1.44. The Kier molecular flexibility index (Phi) is 2.90. The third kappa shape index (κ3) is 2.57. The smallest absolute Gasteiger partial charge is 0.238 e. The van der Waals surface area contributed by atoms with Gasteiger partial charge in [0, 0.05) is 11.9 Å². The third-order valence-electron chi connectivity index (χ3n) is 1.89. The van der Waals surface area contributed by atoms with Gasteiger partial charge < -0.3 is 5.32 Å². The molecule has 0 bridgehead atoms. The fraction of sp³-hybridized carbons (Fsp3) is 0. The van der Waals surface area contributed by atoms with Crippen LogP contribution in [-0.2, 0) is 10.0 Å². The molecule has 0 radical (unpaired) electrons. The number of nitrogens with two attached hydrogens (primary N) is 1. The zero-order valence-corrected chi connectivity index (χ0v) is 9.75. The van der Waals surface area contributed by atoms with Crippen molar-refractivity contribution in [3.05, 3.63) is 36.5 Å². The van der Waals surface area contributed by atoms with Gasteiger partial charge in [0.05, 0.1) is 4.90 Å². The van der Waals surface area contributed by atoms with E-state index in [4.69, 9.17) is 5.14 Å². The number of nitrogens with zero attached hydrogens (tertiary/aromatic N) is 1. The minimum Gasteiger partial charge on any atom is -0.346 e. The lowest BCUT2D eigenvalue weighted by atomic mass is 10.3. The molecule has 0 atom stereocenters. The quantitative estimate of drug-likeness (QED) is 0.871. The fourth-order valence-electron chi connectivity index (χ4n) is 1.15. The first-order chi connectivity index (χ1) is 7.55. The van der Waals surface area contributed by atoms with Crippen molar-refractivity contribution in [2.75, 3.05) is 5.32 Å². The van der Waals surface area contributed by atoms with Crippen molar-refractivity contribution >= 4 is 32.2 Å². The molecule has 16 heavy (non-hydrogen) atoms. The zero-order valence-electron chi connectivity index (χ0n) is 8.12. The van der Waals surface area contributed by atoms with Crippen molar-refractivity contribution in [3.8, 4) is 0 Å². The summed E-state index contributed by atoms with van der Waals surface area (Å²) in [6, 6.07) is 8.05. The molecule has 0 aliphatic carbocycles. The van der Waals surface area contributed by atoms with Crippen molar-refractivity contribution in [2.24, 2.45) is 5.14 Å². The highest BCUT2D eigenvalue weighted by atomic mass is 32.2. The fourth-order valence-corrected chi connectivity index (χ4v) is 2.19. The highest BCUT2D eigenvalue weighted by molar-refractivity contribution is 7.89. The molecule has 0 fully saturated rings. The van der Waals surface area contributed by atoms with Crippen LogP contribution < -0.4 is 10.5 Å². The van der Waals surface area contributed by atoms with Gasteiger partial charge in [0.2, 0.25) is 10.0 Å². The molecule has 1 aromatic carbocycles. The van der Waals surface area contributed by atoms with Gasteiger partial charge in [0.1, 0.15) is 5.00 Å². The number of benzene rings is 1. The van der Waals surface area contributed by atoms with Crippen molar-refractivity contribution in [1.82, 2.24) is 4.37 Å². The van der Waals surface area contributed by atoms with Gasteiger partial charge in [-0.3, -0.25) is 0 Å². The molecule has 7 heteroatoms. The van der Waals surface area contributed by atoms with E-state index in [0.29, 0.717) is 0 Å². The molecule has 5 nitrogen and oxygen atoms in total. The second-order valence-corrected chi connectivity index (χ2v) is 5.47. The topological polar surface area (TPSA) is 85.1 Å². The number of anilines is 2. The summed E-state index contributed by atoms with van der Waals surface area (Å²) in [5, 5.41) is 8.96. The van der Waals surface area contributed by atoms with Crippen molar-refractivity contribution in [1.29, 1.82) is 0 Å². The SMILES string of the molecule is NS(=O)(=O)c1ccc(Nc2ccns2)cc1. The minimum absolute atomic E-state index is 0.0994. The van der Waals surface area contributed by atoms with Crippen LogP contribution in [0.1, 0.15) is 0 Å². The number of hydrogen-bond donors (Lipinski definition) is 2. The number of primary sulfonamides is 1. The van der Waals surface area contributed by atoms with Crippen LogP contribution in [0.2, 0.25) is 0 Å². The van der Waals surface area contributed by atoms with Gasteiger partial charge in [-0.25, -0.2) is 13.6 Å². The Labute approximate surface area is 97.1 Å². The van der Waals surface area contributed by atoms with Gasteiger partial charge in [-0.1, -0.05) is 0 Å². The van der Waals surface area contributed by atoms with Crippen LogP contribution in [0, 0.1) is 0 Å². The molecule has 0 unspecified atom stereocenters. The lowest BCUT2D eigenvalue weighted by Gasteiger charge is -2.03. The van der Waals surface area contributed by atoms with Crippen LogP contribution in [0.3, 0.4) is 0 Å². The lowest BCUT2D eigenvalue weighted by Crippen LogP contribution is -2.11. The molecule has 0 saturated carbocycles. The van der Waals surface area contributed by atoms with Crippen molar-refractivity contribution in [3.63, 3.8) is 0 Å². The molecule has 0 amide bonds. The summed E-state index contributed by atoms with van der Waals surface area (Å²) in [6.07, 6.45) is 1.69. The van der Waals surface area contributed by atoms with Crippen LogP contribution in [0.15, 0.2) is 41.4 Å². The Balaban J connectivity index is 2.20. The largest absolute Gasteiger partial charge is 0.346 e. The summed E-state index contributed by atoms with van der Waals surface area (Å²) < 4.78 is 26.0. The number of sulfonamides is 1. The van der Waals surface area contributed by atoms with Crippen LogP contribution in [-0.4, -0.2) is 12.8 Å². The maximum Gasteiger partial charge on any atom is 0.238 e. The van der Waals surface area contributed by atoms with E-state index in [1.165, 1.54) is 23.7 Å². The molecule has 2 aromatic rings. The Morgan fingerprint density at radius 1 is 1.19 bits per heavy atom. The number of hydrogen-bond acceptors (Lipinski definition) is 5. The van der Waals surface area contributed by atoms with Gasteiger partial charge in [0.15, 0.2) is 0 Å². The second-order valence-electron chi connectivity index (χ2n) is 3.07. The zero-order chi connectivity index (χ0) is 11.6. The predicted molar refractivity (Wildman–Crippen MR) is 63.2 cm³/mol. The maximum absolute atomic E-state index is 11.0. The average Bonchev–Trinajstić information content (AvgIpc) is 2.70. The third-order valence-corrected chi connectivity index (χ3v) is 3.48. The summed E-state index contributed by atoms with van der Waals surface area (Å²) >= 11 is 1.32. The van der Waals surface area contributed by atoms with Crippen molar-refractivity contribution in [2.45, 2.75) is 4.90 Å². The van der Waals surface area contributed by atoms with E-state index in [1.807, 2.05) is 6.07 Å². The predicted octanol–water partition coefficient (Wildman–Crippen LogP) is 1.53. The van der Waals surface area contributed by atoms with Crippen LogP contribution in [0.5, 0.6) is 0 Å². The standard InChI is InChI=1S/C9H9N3O2S2/c10-16(13,14)8-3-1-7(2-4-8)12-9-5-6-11-15-9/h1-6,12H,(H2,10,13,14). The highest BCUT2D eigenvalue weighted by Crippen LogP contribution is 2.20. The summed E-state index contributed by atoms with van der Waals surface area (Å²) in [5.74, 6) is 0. The van der Waals surface area contributed by atoms with Gasteiger partial charge in [-0.05, 0) is 41.9 Å². The van der Waals surface area contributed by atoms with E-state index >= 15 is 0 Å². The molecule has 84 valence electrons. The summed E-state index contributed by atoms with van der Waals surface area (Å²) in [7, 11) is -3.62. The van der Waals surface area contributed by atoms with E-state index in [9.17, 15) is 8.42 Å². The lowest BCUT2D eigenvalue weighted by molar-refractivity contribution is 0.598. The number of nitrogens with one attached hydrogen (secondary N) is 1. The minimum atomic E-state index is -3.62. The van der Waals surface area contributed by atoms with E-state index < -0.39 is 10.0 Å². The molecule has 1 heterocycles. The van der Waals surface area contributed by atoms with Gasteiger partial charge in [0.25, 0.3) is 0 Å². The molecular weight excluding hydrogens is 246 g/mol. The average molecular weight is 255 g/mol. The molecular formula is C9H9N3O2S2. The van der Waals surface area contributed by atoms with Crippen LogP contribution in [0.25, 0.3) is 0 Å². The molecule has 0 spiro atoms. The molecule has 1 aromatic heterocycles. The normalized spacial score (nSPS) is 11.3.